The van der Waals surface area contributed by atoms with Crippen LogP contribution in [0.15, 0.2) is 21.4 Å². The van der Waals surface area contributed by atoms with Crippen molar-refractivity contribution >= 4 is 27.0 Å². The largest absolute Gasteiger partial charge is 0.328 e. The Bertz CT molecular complexity index is 682. The normalized spacial score (nSPS) is 13.3. The number of imidazole rings is 1. The van der Waals surface area contributed by atoms with E-state index in [1.807, 2.05) is 12.1 Å². The number of aromatic nitrogens is 2. The van der Waals surface area contributed by atoms with Gasteiger partial charge in [0, 0.05) is 24.6 Å². The van der Waals surface area contributed by atoms with Crippen molar-refractivity contribution in [2.75, 3.05) is 0 Å². The standard InChI is InChI=1S/C15H22BrN3O/c1-5-9(6-2)14(17)10-7-12-13(8-11(10)16)19(4)15(20)18(12)3/h7-9,14H,5-6,17H2,1-4H3. The highest BCUT2D eigenvalue weighted by Crippen LogP contribution is 2.33. The Morgan fingerprint density at radius 1 is 1.15 bits per heavy atom. The summed E-state index contributed by atoms with van der Waals surface area (Å²) >= 11 is 3.61. The highest BCUT2D eigenvalue weighted by molar-refractivity contribution is 9.10. The predicted octanol–water partition coefficient (Wildman–Crippen LogP) is 3.08. The third-order valence-corrected chi connectivity index (χ3v) is 4.99. The van der Waals surface area contributed by atoms with Gasteiger partial charge in [-0.1, -0.05) is 42.6 Å². The van der Waals surface area contributed by atoms with Crippen molar-refractivity contribution < 1.29 is 0 Å². The molecule has 1 aromatic carbocycles. The van der Waals surface area contributed by atoms with E-state index in [1.165, 1.54) is 0 Å². The molecule has 0 spiro atoms. The van der Waals surface area contributed by atoms with E-state index in [-0.39, 0.29) is 11.7 Å². The number of hydrogen-bond acceptors (Lipinski definition) is 2. The molecule has 0 fully saturated rings. The van der Waals surface area contributed by atoms with Crippen molar-refractivity contribution in [1.29, 1.82) is 0 Å². The molecule has 2 N–H and O–H groups in total. The molecule has 1 heterocycles. The SMILES string of the molecule is CCC(CC)C(N)c1cc2c(cc1Br)n(C)c(=O)n2C. The Morgan fingerprint density at radius 3 is 2.15 bits per heavy atom. The molecule has 0 bridgehead atoms. The molecule has 2 aromatic rings. The van der Waals surface area contributed by atoms with Crippen LogP contribution in [0.1, 0.15) is 38.3 Å². The quantitative estimate of drug-likeness (QED) is 0.930. The first-order valence-corrected chi connectivity index (χ1v) is 7.82. The Labute approximate surface area is 127 Å². The van der Waals surface area contributed by atoms with Crippen LogP contribution in [-0.2, 0) is 14.1 Å². The summed E-state index contributed by atoms with van der Waals surface area (Å²) < 4.78 is 4.31. The van der Waals surface area contributed by atoms with Crippen LogP contribution in [-0.4, -0.2) is 9.13 Å². The smallest absolute Gasteiger partial charge is 0.324 e. The van der Waals surface area contributed by atoms with E-state index in [0.717, 1.165) is 33.9 Å². The molecule has 0 aliphatic heterocycles. The van der Waals surface area contributed by atoms with Gasteiger partial charge in [0.25, 0.3) is 0 Å². The van der Waals surface area contributed by atoms with Crippen molar-refractivity contribution in [3.05, 3.63) is 32.7 Å². The van der Waals surface area contributed by atoms with Gasteiger partial charge in [0.2, 0.25) is 0 Å². The predicted molar refractivity (Wildman–Crippen MR) is 86.9 cm³/mol. The van der Waals surface area contributed by atoms with Gasteiger partial charge in [0.15, 0.2) is 0 Å². The van der Waals surface area contributed by atoms with Gasteiger partial charge in [-0.25, -0.2) is 4.79 Å². The maximum absolute atomic E-state index is 12.0. The van der Waals surface area contributed by atoms with Crippen LogP contribution in [0.25, 0.3) is 11.0 Å². The van der Waals surface area contributed by atoms with E-state index in [4.69, 9.17) is 5.73 Å². The summed E-state index contributed by atoms with van der Waals surface area (Å²) in [6.45, 7) is 4.33. The van der Waals surface area contributed by atoms with Gasteiger partial charge >= 0.3 is 5.69 Å². The molecule has 20 heavy (non-hydrogen) atoms. The Kier molecular flexibility index (Phi) is 4.39. The second-order valence-corrected chi connectivity index (χ2v) is 6.22. The number of hydrogen-bond donors (Lipinski definition) is 1. The van der Waals surface area contributed by atoms with Crippen LogP contribution in [0.3, 0.4) is 0 Å². The van der Waals surface area contributed by atoms with E-state index >= 15 is 0 Å². The molecule has 1 unspecified atom stereocenters. The number of aryl methyl sites for hydroxylation is 2. The van der Waals surface area contributed by atoms with E-state index in [9.17, 15) is 4.79 Å². The second kappa shape index (κ2) is 5.74. The lowest BCUT2D eigenvalue weighted by Crippen LogP contribution is -2.21. The Morgan fingerprint density at radius 2 is 1.65 bits per heavy atom. The molecule has 1 atom stereocenters. The Hall–Kier alpha value is -1.07. The summed E-state index contributed by atoms with van der Waals surface area (Å²) in [4.78, 5) is 12.0. The Balaban J connectivity index is 2.64. The van der Waals surface area contributed by atoms with Gasteiger partial charge in [-0.2, -0.15) is 0 Å². The van der Waals surface area contributed by atoms with Gasteiger partial charge in [-0.05, 0) is 23.6 Å². The lowest BCUT2D eigenvalue weighted by Gasteiger charge is -2.23. The first-order valence-electron chi connectivity index (χ1n) is 7.02. The summed E-state index contributed by atoms with van der Waals surface area (Å²) in [5, 5.41) is 0. The maximum atomic E-state index is 12.0. The van der Waals surface area contributed by atoms with E-state index < -0.39 is 0 Å². The number of halogens is 1. The number of rotatable bonds is 4. The first kappa shape index (κ1) is 15.3. The highest BCUT2D eigenvalue weighted by Gasteiger charge is 2.20. The third-order valence-electron chi connectivity index (χ3n) is 4.31. The molecule has 0 radical (unpaired) electrons. The van der Waals surface area contributed by atoms with Crippen LogP contribution >= 0.6 is 15.9 Å². The van der Waals surface area contributed by atoms with E-state index in [0.29, 0.717) is 5.92 Å². The van der Waals surface area contributed by atoms with E-state index in [2.05, 4.69) is 29.8 Å². The summed E-state index contributed by atoms with van der Waals surface area (Å²) in [5.74, 6) is 0.449. The molecule has 2 rings (SSSR count). The molecule has 110 valence electrons. The van der Waals surface area contributed by atoms with Crippen molar-refractivity contribution in [2.24, 2.45) is 25.7 Å². The monoisotopic (exact) mass is 339 g/mol. The number of nitrogens with zero attached hydrogens (tertiary/aromatic N) is 2. The zero-order valence-electron chi connectivity index (χ0n) is 12.5. The molecular weight excluding hydrogens is 318 g/mol. The molecule has 0 aliphatic rings. The summed E-state index contributed by atoms with van der Waals surface area (Å²) in [5.41, 5.74) is 9.33. The molecule has 0 aliphatic carbocycles. The van der Waals surface area contributed by atoms with Gasteiger partial charge in [-0.15, -0.1) is 0 Å². The van der Waals surface area contributed by atoms with Gasteiger partial charge < -0.3 is 5.73 Å². The molecular formula is C15H22BrN3O. The maximum Gasteiger partial charge on any atom is 0.328 e. The summed E-state index contributed by atoms with van der Waals surface area (Å²) in [6, 6.07) is 4.03. The summed E-state index contributed by atoms with van der Waals surface area (Å²) in [6.07, 6.45) is 2.10. The molecule has 1 aromatic heterocycles. The van der Waals surface area contributed by atoms with Crippen molar-refractivity contribution in [2.45, 2.75) is 32.7 Å². The molecule has 0 saturated heterocycles. The van der Waals surface area contributed by atoms with Gasteiger partial charge in [0.05, 0.1) is 11.0 Å². The van der Waals surface area contributed by atoms with Crippen LogP contribution in [0.4, 0.5) is 0 Å². The average molecular weight is 340 g/mol. The zero-order chi connectivity index (χ0) is 15.0. The highest BCUT2D eigenvalue weighted by atomic mass is 79.9. The lowest BCUT2D eigenvalue weighted by molar-refractivity contribution is 0.404. The lowest BCUT2D eigenvalue weighted by atomic mass is 9.89. The molecule has 0 amide bonds. The average Bonchev–Trinajstić information content (AvgIpc) is 2.64. The fourth-order valence-electron chi connectivity index (χ4n) is 2.84. The first-order chi connectivity index (χ1) is 9.42. The van der Waals surface area contributed by atoms with Crippen molar-refractivity contribution in [3.8, 4) is 0 Å². The van der Waals surface area contributed by atoms with Gasteiger partial charge in [-0.3, -0.25) is 9.13 Å². The summed E-state index contributed by atoms with van der Waals surface area (Å²) in [7, 11) is 3.59. The van der Waals surface area contributed by atoms with Crippen molar-refractivity contribution in [1.82, 2.24) is 9.13 Å². The minimum absolute atomic E-state index is 0.0137. The van der Waals surface area contributed by atoms with Crippen LogP contribution in [0.2, 0.25) is 0 Å². The van der Waals surface area contributed by atoms with Crippen LogP contribution < -0.4 is 11.4 Å². The molecule has 4 nitrogen and oxygen atoms in total. The van der Waals surface area contributed by atoms with E-state index in [1.54, 1.807) is 23.2 Å². The van der Waals surface area contributed by atoms with Gasteiger partial charge in [0.1, 0.15) is 0 Å². The fraction of sp³-hybridized carbons (Fsp3) is 0.533. The minimum atomic E-state index is -0.0147. The number of nitrogens with two attached hydrogens (primary N) is 1. The third kappa shape index (κ3) is 2.33. The fourth-order valence-corrected chi connectivity index (χ4v) is 3.44. The van der Waals surface area contributed by atoms with Crippen LogP contribution in [0.5, 0.6) is 0 Å². The number of benzene rings is 1. The second-order valence-electron chi connectivity index (χ2n) is 5.37. The number of fused-ring (bicyclic) bond motifs is 1. The topological polar surface area (TPSA) is 52.9 Å². The zero-order valence-corrected chi connectivity index (χ0v) is 14.1. The molecule has 5 heteroatoms. The van der Waals surface area contributed by atoms with Crippen molar-refractivity contribution in [3.63, 3.8) is 0 Å². The minimum Gasteiger partial charge on any atom is -0.324 e. The van der Waals surface area contributed by atoms with Crippen LogP contribution in [0, 0.1) is 5.92 Å². The molecule has 0 saturated carbocycles.